The monoisotopic (exact) mass is 364 g/mol. The van der Waals surface area contributed by atoms with E-state index in [1.165, 1.54) is 39.0 Å². The number of aryl methyl sites for hydroxylation is 1. The van der Waals surface area contributed by atoms with Crippen molar-refractivity contribution in [3.8, 4) is 0 Å². The van der Waals surface area contributed by atoms with Crippen LogP contribution in [0.1, 0.15) is 47.2 Å². The fourth-order valence-electron chi connectivity index (χ4n) is 2.95. The van der Waals surface area contributed by atoms with Crippen LogP contribution in [-0.2, 0) is 6.42 Å². The molecule has 28 heavy (non-hydrogen) atoms. The predicted octanol–water partition coefficient (Wildman–Crippen LogP) is 7.84. The summed E-state index contributed by atoms with van der Waals surface area (Å²) < 4.78 is 0. The van der Waals surface area contributed by atoms with E-state index < -0.39 is 0 Å². The highest BCUT2D eigenvalue weighted by Crippen LogP contribution is 2.14. The van der Waals surface area contributed by atoms with Crippen molar-refractivity contribution in [2.75, 3.05) is 0 Å². The van der Waals surface area contributed by atoms with E-state index in [9.17, 15) is 0 Å². The summed E-state index contributed by atoms with van der Waals surface area (Å²) >= 11 is 0. The molecule has 3 aromatic carbocycles. The van der Waals surface area contributed by atoms with Crippen molar-refractivity contribution in [1.29, 1.82) is 0 Å². The molecule has 0 unspecified atom stereocenters. The van der Waals surface area contributed by atoms with E-state index in [-0.39, 0.29) is 0 Å². The molecule has 0 spiro atoms. The highest BCUT2D eigenvalue weighted by molar-refractivity contribution is 5.73. The molecule has 0 aliphatic heterocycles. The Kier molecular flexibility index (Phi) is 6.81. The summed E-state index contributed by atoms with van der Waals surface area (Å²) in [4.78, 5) is 0. The molecule has 0 N–H and O–H groups in total. The van der Waals surface area contributed by atoms with Crippen LogP contribution in [0.5, 0.6) is 0 Å². The quantitative estimate of drug-likeness (QED) is 0.308. The number of rotatable bonds is 6. The number of allylic oxidation sites excluding steroid dienone is 2. The Balaban J connectivity index is 1.61. The van der Waals surface area contributed by atoms with Gasteiger partial charge in [-0.05, 0) is 55.0 Å². The lowest BCUT2D eigenvalue weighted by molar-refractivity contribution is 1.13. The topological polar surface area (TPSA) is 0 Å². The summed E-state index contributed by atoms with van der Waals surface area (Å²) in [7, 11) is 0. The summed E-state index contributed by atoms with van der Waals surface area (Å²) in [5.74, 6) is 0. The van der Waals surface area contributed by atoms with Gasteiger partial charge < -0.3 is 0 Å². The second kappa shape index (κ2) is 9.71. The largest absolute Gasteiger partial charge is 0.0884 e. The SMILES string of the molecule is C/C=C(\C)Cc1ccc(/C=C/c2ccc(/C=C/c3ccc(C)cc3)cc2)cc1. The maximum absolute atomic E-state index is 2.21. The molecule has 3 aromatic rings. The molecule has 0 aromatic heterocycles. The molecular weight excluding hydrogens is 336 g/mol. The second-order valence-corrected chi connectivity index (χ2v) is 7.30. The van der Waals surface area contributed by atoms with Crippen molar-refractivity contribution < 1.29 is 0 Å². The van der Waals surface area contributed by atoms with Gasteiger partial charge >= 0.3 is 0 Å². The van der Waals surface area contributed by atoms with Gasteiger partial charge in [0.25, 0.3) is 0 Å². The fourth-order valence-corrected chi connectivity index (χ4v) is 2.95. The van der Waals surface area contributed by atoms with Crippen molar-refractivity contribution in [3.63, 3.8) is 0 Å². The predicted molar refractivity (Wildman–Crippen MR) is 125 cm³/mol. The summed E-state index contributed by atoms with van der Waals surface area (Å²) in [6.45, 7) is 6.38. The van der Waals surface area contributed by atoms with Crippen LogP contribution in [0.3, 0.4) is 0 Å². The first-order chi connectivity index (χ1) is 13.6. The molecule has 0 nitrogen and oxygen atoms in total. The van der Waals surface area contributed by atoms with Gasteiger partial charge in [0.1, 0.15) is 0 Å². The molecular formula is C28H28. The molecule has 0 atom stereocenters. The molecule has 0 aliphatic rings. The van der Waals surface area contributed by atoms with Gasteiger partial charge in [0, 0.05) is 0 Å². The number of hydrogen-bond acceptors (Lipinski definition) is 0. The zero-order valence-corrected chi connectivity index (χ0v) is 17.0. The first kappa shape index (κ1) is 19.6. The summed E-state index contributed by atoms with van der Waals surface area (Å²) in [6, 6.07) is 26.0. The van der Waals surface area contributed by atoms with Crippen LogP contribution in [0.2, 0.25) is 0 Å². The molecule has 0 radical (unpaired) electrons. The molecule has 3 rings (SSSR count). The Labute approximate surface area is 169 Å². The van der Waals surface area contributed by atoms with Crippen molar-refractivity contribution in [2.24, 2.45) is 0 Å². The third-order valence-corrected chi connectivity index (χ3v) is 4.91. The standard InChI is InChI=1S/C28H28/c1-4-22(2)21-28-19-17-27(18-20-28)16-15-26-13-11-25(12-14-26)10-9-24-7-5-23(3)6-8-24/h4-20H,21H2,1-3H3/b10-9+,16-15+,22-4+. The van der Waals surface area contributed by atoms with Crippen molar-refractivity contribution in [1.82, 2.24) is 0 Å². The van der Waals surface area contributed by atoms with E-state index in [1.807, 2.05) is 0 Å². The summed E-state index contributed by atoms with van der Waals surface area (Å²) in [6.07, 6.45) is 11.8. The van der Waals surface area contributed by atoms with Crippen LogP contribution in [0.4, 0.5) is 0 Å². The maximum Gasteiger partial charge on any atom is -0.00700 e. The zero-order chi connectivity index (χ0) is 19.8. The minimum Gasteiger partial charge on any atom is -0.0884 e. The molecule has 0 amide bonds. The van der Waals surface area contributed by atoms with Gasteiger partial charge in [-0.3, -0.25) is 0 Å². The Bertz CT molecular complexity index is 964. The van der Waals surface area contributed by atoms with Gasteiger partial charge in [0.05, 0.1) is 0 Å². The van der Waals surface area contributed by atoms with Crippen molar-refractivity contribution >= 4 is 24.3 Å². The smallest absolute Gasteiger partial charge is 0.00700 e. The van der Waals surface area contributed by atoms with Gasteiger partial charge in [-0.25, -0.2) is 0 Å². The van der Waals surface area contributed by atoms with Crippen LogP contribution in [0.15, 0.2) is 84.4 Å². The van der Waals surface area contributed by atoms with Crippen molar-refractivity contribution in [2.45, 2.75) is 27.2 Å². The Morgan fingerprint density at radius 1 is 0.607 bits per heavy atom. The molecule has 0 heterocycles. The summed E-state index contributed by atoms with van der Waals surface area (Å²) in [5.41, 5.74) is 8.92. The van der Waals surface area contributed by atoms with Crippen LogP contribution in [0.25, 0.3) is 24.3 Å². The minimum absolute atomic E-state index is 1.03. The van der Waals surface area contributed by atoms with Crippen LogP contribution < -0.4 is 0 Å². The first-order valence-electron chi connectivity index (χ1n) is 9.86. The van der Waals surface area contributed by atoms with E-state index in [0.29, 0.717) is 0 Å². The molecule has 0 saturated heterocycles. The average Bonchev–Trinajstić information content (AvgIpc) is 2.73. The Hall–Kier alpha value is -3.12. The Morgan fingerprint density at radius 3 is 1.36 bits per heavy atom. The van der Waals surface area contributed by atoms with Gasteiger partial charge in [-0.15, -0.1) is 0 Å². The second-order valence-electron chi connectivity index (χ2n) is 7.30. The van der Waals surface area contributed by atoms with E-state index in [2.05, 4.69) is 124 Å². The van der Waals surface area contributed by atoms with E-state index in [4.69, 9.17) is 0 Å². The lowest BCUT2D eigenvalue weighted by Crippen LogP contribution is -1.86. The van der Waals surface area contributed by atoms with Gasteiger partial charge in [-0.1, -0.05) is 114 Å². The van der Waals surface area contributed by atoms with E-state index >= 15 is 0 Å². The normalized spacial score (nSPS) is 12.2. The van der Waals surface area contributed by atoms with E-state index in [0.717, 1.165) is 6.42 Å². The maximum atomic E-state index is 2.21. The third kappa shape index (κ3) is 5.96. The lowest BCUT2D eigenvalue weighted by atomic mass is 10.0. The van der Waals surface area contributed by atoms with Gasteiger partial charge in [0.15, 0.2) is 0 Å². The van der Waals surface area contributed by atoms with Gasteiger partial charge in [-0.2, -0.15) is 0 Å². The van der Waals surface area contributed by atoms with Crippen molar-refractivity contribution in [3.05, 3.63) is 118 Å². The highest BCUT2D eigenvalue weighted by atomic mass is 14.0. The number of benzene rings is 3. The van der Waals surface area contributed by atoms with E-state index in [1.54, 1.807) is 0 Å². The molecule has 0 saturated carbocycles. The van der Waals surface area contributed by atoms with Crippen LogP contribution in [-0.4, -0.2) is 0 Å². The molecule has 0 heteroatoms. The Morgan fingerprint density at radius 2 is 0.964 bits per heavy atom. The van der Waals surface area contributed by atoms with Crippen LogP contribution in [0, 0.1) is 6.92 Å². The molecule has 0 fully saturated rings. The lowest BCUT2D eigenvalue weighted by Gasteiger charge is -2.02. The third-order valence-electron chi connectivity index (χ3n) is 4.91. The van der Waals surface area contributed by atoms with Gasteiger partial charge in [0.2, 0.25) is 0 Å². The fraction of sp³-hybridized carbons (Fsp3) is 0.143. The summed E-state index contributed by atoms with van der Waals surface area (Å²) in [5, 5.41) is 0. The highest BCUT2D eigenvalue weighted by Gasteiger charge is 1.95. The molecule has 140 valence electrons. The molecule has 0 bridgehead atoms. The average molecular weight is 365 g/mol. The van der Waals surface area contributed by atoms with Crippen LogP contribution >= 0.6 is 0 Å². The minimum atomic E-state index is 1.03. The zero-order valence-electron chi connectivity index (χ0n) is 17.0. The number of hydrogen-bond donors (Lipinski definition) is 0. The first-order valence-corrected chi connectivity index (χ1v) is 9.86. The molecule has 0 aliphatic carbocycles.